The molecule has 0 aliphatic rings. The first kappa shape index (κ1) is 22.5. The Kier molecular flexibility index (Phi) is 6.19. The van der Waals surface area contributed by atoms with E-state index in [0.717, 1.165) is 21.3 Å². The summed E-state index contributed by atoms with van der Waals surface area (Å²) in [7, 11) is 1.58. The van der Waals surface area contributed by atoms with E-state index in [-0.39, 0.29) is 34.8 Å². The Morgan fingerprint density at radius 2 is 1.76 bits per heavy atom. The van der Waals surface area contributed by atoms with E-state index in [0.29, 0.717) is 5.75 Å². The van der Waals surface area contributed by atoms with Crippen LogP contribution in [-0.4, -0.2) is 31.8 Å². The summed E-state index contributed by atoms with van der Waals surface area (Å²) < 4.78 is 45.2. The number of rotatable bonds is 6. The Labute approximate surface area is 190 Å². The van der Waals surface area contributed by atoms with Gasteiger partial charge in [0, 0.05) is 22.9 Å². The van der Waals surface area contributed by atoms with Gasteiger partial charge in [0.05, 0.1) is 25.5 Å². The highest BCUT2D eigenvalue weighted by Crippen LogP contribution is 2.37. The summed E-state index contributed by atoms with van der Waals surface area (Å²) in [6.45, 7) is 0.158. The van der Waals surface area contributed by atoms with Crippen LogP contribution in [0.15, 0.2) is 82.9 Å². The van der Waals surface area contributed by atoms with Gasteiger partial charge in [0.15, 0.2) is 0 Å². The van der Waals surface area contributed by atoms with E-state index in [2.05, 4.69) is 4.98 Å². The first-order valence-corrected chi connectivity index (χ1v) is 10.5. The van der Waals surface area contributed by atoms with E-state index in [1.165, 1.54) is 35.0 Å². The van der Waals surface area contributed by atoms with Crippen molar-refractivity contribution in [3.63, 3.8) is 0 Å². The molecule has 1 N–H and O–H groups in total. The molecule has 2 heterocycles. The van der Waals surface area contributed by atoms with Crippen molar-refractivity contribution in [2.45, 2.75) is 16.9 Å². The molecule has 170 valence electrons. The predicted molar refractivity (Wildman–Crippen MR) is 119 cm³/mol. The standard InChI is InChI=1S/C23H18F3N3O3S/c1-32-18-6-2-15(3-7-18)20-12-27-11-10-16(20)13-28-14-21(30)29(22(28)31)17-4-8-19(9-5-17)33-23(24,25)26/h2-12,14,30H,13H2,1H3. The van der Waals surface area contributed by atoms with Gasteiger partial charge in [-0.1, -0.05) is 12.1 Å². The molecule has 0 saturated carbocycles. The fraction of sp³-hybridized carbons (Fsp3) is 0.130. The maximum absolute atomic E-state index is 13.0. The summed E-state index contributed by atoms with van der Waals surface area (Å²) in [5.74, 6) is 0.387. The second kappa shape index (κ2) is 9.07. The number of pyridine rings is 1. The lowest BCUT2D eigenvalue weighted by molar-refractivity contribution is -0.0328. The van der Waals surface area contributed by atoms with Gasteiger partial charge in [-0.3, -0.25) is 9.55 Å². The molecule has 0 fully saturated rings. The molecule has 0 bridgehead atoms. The Morgan fingerprint density at radius 1 is 1.06 bits per heavy atom. The van der Waals surface area contributed by atoms with Gasteiger partial charge in [-0.2, -0.15) is 13.2 Å². The summed E-state index contributed by atoms with van der Waals surface area (Å²) in [6, 6.07) is 14.4. The van der Waals surface area contributed by atoms with Gasteiger partial charge in [-0.15, -0.1) is 0 Å². The average molecular weight is 473 g/mol. The quantitative estimate of drug-likeness (QED) is 0.396. The molecule has 0 atom stereocenters. The molecule has 4 aromatic rings. The van der Waals surface area contributed by atoms with Gasteiger partial charge in [-0.25, -0.2) is 9.36 Å². The van der Waals surface area contributed by atoms with Crippen LogP contribution in [0.2, 0.25) is 0 Å². The number of hydrogen-bond acceptors (Lipinski definition) is 5. The lowest BCUT2D eigenvalue weighted by Gasteiger charge is -2.10. The van der Waals surface area contributed by atoms with Crippen molar-refractivity contribution in [2.24, 2.45) is 0 Å². The summed E-state index contributed by atoms with van der Waals surface area (Å²) in [4.78, 5) is 17.2. The predicted octanol–water partition coefficient (Wildman–Crippen LogP) is 5.08. The van der Waals surface area contributed by atoms with Gasteiger partial charge < -0.3 is 9.84 Å². The zero-order chi connectivity index (χ0) is 23.6. The van der Waals surface area contributed by atoms with Crippen molar-refractivity contribution in [2.75, 3.05) is 7.11 Å². The molecule has 0 aliphatic carbocycles. The smallest absolute Gasteiger partial charge is 0.446 e. The third-order valence-electron chi connectivity index (χ3n) is 4.92. The summed E-state index contributed by atoms with van der Waals surface area (Å²) in [5, 5.41) is 10.4. The molecule has 4 rings (SSSR count). The maximum Gasteiger partial charge on any atom is 0.446 e. The third-order valence-corrected chi connectivity index (χ3v) is 5.66. The topological polar surface area (TPSA) is 69.3 Å². The average Bonchev–Trinajstić information content (AvgIpc) is 3.06. The fourth-order valence-corrected chi connectivity index (χ4v) is 3.95. The highest BCUT2D eigenvalue weighted by Gasteiger charge is 2.29. The zero-order valence-corrected chi connectivity index (χ0v) is 18.1. The second-order valence-corrected chi connectivity index (χ2v) is 8.17. The first-order chi connectivity index (χ1) is 15.7. The molecule has 10 heteroatoms. The van der Waals surface area contributed by atoms with Crippen LogP contribution < -0.4 is 10.4 Å². The Morgan fingerprint density at radius 3 is 2.39 bits per heavy atom. The number of methoxy groups -OCH3 is 1. The molecule has 33 heavy (non-hydrogen) atoms. The minimum atomic E-state index is -4.41. The van der Waals surface area contributed by atoms with Gasteiger partial charge >= 0.3 is 11.2 Å². The van der Waals surface area contributed by atoms with Crippen LogP contribution in [0, 0.1) is 0 Å². The van der Waals surface area contributed by atoms with E-state index < -0.39 is 11.2 Å². The minimum absolute atomic E-state index is 0.0147. The number of ether oxygens (including phenoxy) is 1. The molecule has 0 amide bonds. The number of hydrogen-bond donors (Lipinski definition) is 1. The highest BCUT2D eigenvalue weighted by molar-refractivity contribution is 8.00. The molecule has 2 aromatic heterocycles. The second-order valence-electron chi connectivity index (χ2n) is 7.04. The minimum Gasteiger partial charge on any atom is -0.497 e. The Bertz CT molecular complexity index is 1310. The Balaban J connectivity index is 1.64. The van der Waals surface area contributed by atoms with Gasteiger partial charge in [-0.05, 0) is 65.4 Å². The summed E-state index contributed by atoms with van der Waals surface area (Å²) >= 11 is -0.247. The van der Waals surface area contributed by atoms with Crippen molar-refractivity contribution < 1.29 is 23.0 Å². The SMILES string of the molecule is COc1ccc(-c2cnccc2Cn2cc(O)n(-c3ccc(SC(F)(F)F)cc3)c2=O)cc1. The summed E-state index contributed by atoms with van der Waals surface area (Å²) in [6.07, 6.45) is 4.59. The molecule has 0 spiro atoms. The number of imidazole rings is 1. The van der Waals surface area contributed by atoms with E-state index in [1.54, 1.807) is 25.6 Å². The molecular weight excluding hydrogens is 455 g/mol. The molecule has 2 aromatic carbocycles. The largest absolute Gasteiger partial charge is 0.497 e. The van der Waals surface area contributed by atoms with Crippen molar-refractivity contribution in [1.29, 1.82) is 0 Å². The lowest BCUT2D eigenvalue weighted by Crippen LogP contribution is -2.23. The van der Waals surface area contributed by atoms with Crippen LogP contribution >= 0.6 is 11.8 Å². The van der Waals surface area contributed by atoms with Gasteiger partial charge in [0.1, 0.15) is 5.75 Å². The third kappa shape index (κ3) is 5.06. The van der Waals surface area contributed by atoms with Crippen LogP contribution in [-0.2, 0) is 6.54 Å². The van der Waals surface area contributed by atoms with Gasteiger partial charge in [0.2, 0.25) is 5.88 Å². The molecule has 0 saturated heterocycles. The number of thioether (sulfide) groups is 1. The van der Waals surface area contributed by atoms with Crippen LogP contribution in [0.1, 0.15) is 5.56 Å². The van der Waals surface area contributed by atoms with E-state index in [4.69, 9.17) is 4.74 Å². The van der Waals surface area contributed by atoms with Crippen molar-refractivity contribution in [3.8, 4) is 28.4 Å². The maximum atomic E-state index is 13.0. The van der Waals surface area contributed by atoms with Crippen LogP contribution in [0.3, 0.4) is 0 Å². The highest BCUT2D eigenvalue weighted by atomic mass is 32.2. The van der Waals surface area contributed by atoms with E-state index in [1.807, 2.05) is 24.3 Å². The molecular formula is C23H18F3N3O3S. The monoisotopic (exact) mass is 473 g/mol. The van der Waals surface area contributed by atoms with Crippen molar-refractivity contribution in [3.05, 3.63) is 89.2 Å². The lowest BCUT2D eigenvalue weighted by atomic mass is 10.0. The summed E-state index contributed by atoms with van der Waals surface area (Å²) in [5.41, 5.74) is -2.18. The molecule has 0 unspecified atom stereocenters. The number of aromatic hydroxyl groups is 1. The normalized spacial score (nSPS) is 11.5. The van der Waals surface area contributed by atoms with Gasteiger partial charge in [0.25, 0.3) is 0 Å². The molecule has 0 aliphatic heterocycles. The van der Waals surface area contributed by atoms with Crippen molar-refractivity contribution in [1.82, 2.24) is 14.1 Å². The zero-order valence-electron chi connectivity index (χ0n) is 17.3. The van der Waals surface area contributed by atoms with Crippen LogP contribution in [0.4, 0.5) is 13.2 Å². The number of nitrogens with zero attached hydrogens (tertiary/aromatic N) is 3. The van der Waals surface area contributed by atoms with Crippen molar-refractivity contribution >= 4 is 11.8 Å². The number of halogens is 3. The number of benzene rings is 2. The number of aromatic nitrogens is 3. The molecule has 0 radical (unpaired) electrons. The Hall–Kier alpha value is -3.66. The van der Waals surface area contributed by atoms with Crippen LogP contribution in [0.5, 0.6) is 11.6 Å². The first-order valence-electron chi connectivity index (χ1n) is 9.70. The molecule has 6 nitrogen and oxygen atoms in total. The number of alkyl halides is 3. The fourth-order valence-electron chi connectivity index (χ4n) is 3.41. The van der Waals surface area contributed by atoms with Crippen LogP contribution in [0.25, 0.3) is 16.8 Å². The van der Waals surface area contributed by atoms with E-state index in [9.17, 15) is 23.1 Å². The van der Waals surface area contributed by atoms with E-state index >= 15 is 0 Å².